The van der Waals surface area contributed by atoms with Gasteiger partial charge in [-0.3, -0.25) is 0 Å². The van der Waals surface area contributed by atoms with E-state index in [1.54, 1.807) is 17.5 Å². The molecule has 0 amide bonds. The Morgan fingerprint density at radius 2 is 2.33 bits per heavy atom. The highest BCUT2D eigenvalue weighted by molar-refractivity contribution is 7.15. The summed E-state index contributed by atoms with van der Waals surface area (Å²) in [6.07, 6.45) is 7.29. The molecule has 84 valence electrons. The average Bonchev–Trinajstić information content (AvgIpc) is 2.84. The molecule has 0 aliphatic heterocycles. The van der Waals surface area contributed by atoms with E-state index in [0.717, 1.165) is 21.8 Å². The second kappa shape index (κ2) is 5.28. The van der Waals surface area contributed by atoms with Crippen LogP contribution in [0.15, 0.2) is 6.20 Å². The number of aromatic nitrogens is 1. The zero-order chi connectivity index (χ0) is 10.7. The Hall–Kier alpha value is -0.120. The van der Waals surface area contributed by atoms with Crippen molar-refractivity contribution in [2.24, 2.45) is 5.92 Å². The van der Waals surface area contributed by atoms with Crippen molar-refractivity contribution in [2.45, 2.75) is 45.2 Å². The summed E-state index contributed by atoms with van der Waals surface area (Å²) in [5.74, 6) is 0.862. The smallest absolute Gasteiger partial charge is 0.113 e. The molecule has 1 atom stereocenters. The van der Waals surface area contributed by atoms with Gasteiger partial charge >= 0.3 is 0 Å². The van der Waals surface area contributed by atoms with Crippen LogP contribution in [0.1, 0.15) is 37.6 Å². The summed E-state index contributed by atoms with van der Waals surface area (Å²) in [5, 5.41) is 4.63. The van der Waals surface area contributed by atoms with E-state index < -0.39 is 0 Å². The summed E-state index contributed by atoms with van der Waals surface area (Å²) >= 11 is 7.40. The van der Waals surface area contributed by atoms with Crippen LogP contribution in [0.2, 0.25) is 4.34 Å². The second-order valence-corrected chi connectivity index (χ2v) is 6.02. The Bertz CT molecular complexity index is 307. The molecule has 0 saturated heterocycles. The molecule has 0 radical (unpaired) electrons. The average molecular weight is 245 g/mol. The lowest BCUT2D eigenvalue weighted by atomic mass is 10.00. The van der Waals surface area contributed by atoms with Gasteiger partial charge in [0, 0.05) is 12.6 Å². The first-order valence-electron chi connectivity index (χ1n) is 5.59. The molecule has 0 unspecified atom stereocenters. The molecular formula is C11H17ClN2S. The Kier molecular flexibility index (Phi) is 4.00. The van der Waals surface area contributed by atoms with Crippen LogP contribution in [0, 0.1) is 5.92 Å². The Morgan fingerprint density at radius 3 is 2.93 bits per heavy atom. The first-order chi connectivity index (χ1) is 7.25. The van der Waals surface area contributed by atoms with Crippen molar-refractivity contribution in [3.63, 3.8) is 0 Å². The molecule has 15 heavy (non-hydrogen) atoms. The van der Waals surface area contributed by atoms with E-state index in [1.165, 1.54) is 25.7 Å². The molecule has 0 spiro atoms. The van der Waals surface area contributed by atoms with Crippen LogP contribution in [-0.2, 0) is 6.54 Å². The van der Waals surface area contributed by atoms with Crippen molar-refractivity contribution in [3.05, 3.63) is 15.5 Å². The third-order valence-electron chi connectivity index (χ3n) is 3.21. The summed E-state index contributed by atoms with van der Waals surface area (Å²) in [6.45, 7) is 3.14. The summed E-state index contributed by atoms with van der Waals surface area (Å²) in [6, 6.07) is 0.607. The first kappa shape index (κ1) is 11.4. The molecule has 1 saturated carbocycles. The van der Waals surface area contributed by atoms with Crippen LogP contribution >= 0.6 is 22.9 Å². The normalized spacial score (nSPS) is 19.6. The summed E-state index contributed by atoms with van der Waals surface area (Å²) in [7, 11) is 0. The monoisotopic (exact) mass is 244 g/mol. The van der Waals surface area contributed by atoms with Crippen LogP contribution in [0.3, 0.4) is 0 Å². The number of hydrogen-bond donors (Lipinski definition) is 1. The fourth-order valence-corrected chi connectivity index (χ4v) is 3.15. The predicted molar refractivity (Wildman–Crippen MR) is 65.4 cm³/mol. The predicted octanol–water partition coefficient (Wildman–Crippen LogP) is 3.46. The highest BCUT2D eigenvalue weighted by atomic mass is 35.5. The van der Waals surface area contributed by atoms with Gasteiger partial charge in [-0.25, -0.2) is 4.98 Å². The van der Waals surface area contributed by atoms with Gasteiger partial charge in [-0.05, 0) is 25.7 Å². The number of nitrogens with one attached hydrogen (secondary N) is 1. The molecule has 1 aromatic rings. The Labute approximate surface area is 100 Å². The van der Waals surface area contributed by atoms with Gasteiger partial charge in [0.1, 0.15) is 9.34 Å². The number of halogens is 1. The zero-order valence-electron chi connectivity index (χ0n) is 9.00. The van der Waals surface area contributed by atoms with E-state index >= 15 is 0 Å². The fourth-order valence-electron chi connectivity index (χ4n) is 2.24. The first-order valence-corrected chi connectivity index (χ1v) is 6.79. The van der Waals surface area contributed by atoms with Crippen molar-refractivity contribution in [1.29, 1.82) is 0 Å². The summed E-state index contributed by atoms with van der Waals surface area (Å²) in [4.78, 5) is 4.24. The number of hydrogen-bond acceptors (Lipinski definition) is 3. The second-order valence-electron chi connectivity index (χ2n) is 4.27. The minimum absolute atomic E-state index is 0.607. The maximum Gasteiger partial charge on any atom is 0.113 e. The third kappa shape index (κ3) is 3.16. The van der Waals surface area contributed by atoms with Crippen LogP contribution in [0.5, 0.6) is 0 Å². The third-order valence-corrected chi connectivity index (χ3v) is 4.32. The van der Waals surface area contributed by atoms with Crippen molar-refractivity contribution in [2.75, 3.05) is 0 Å². The molecule has 4 heteroatoms. The molecule has 1 fully saturated rings. The molecule has 1 aromatic heterocycles. The van der Waals surface area contributed by atoms with Gasteiger partial charge in [0.05, 0.1) is 6.20 Å². The maximum absolute atomic E-state index is 5.83. The number of rotatable bonds is 4. The van der Waals surface area contributed by atoms with Gasteiger partial charge in [-0.2, -0.15) is 0 Å². The molecular weight excluding hydrogens is 228 g/mol. The minimum Gasteiger partial charge on any atom is -0.308 e. The maximum atomic E-state index is 5.83. The number of thiazole rings is 1. The van der Waals surface area contributed by atoms with Crippen molar-refractivity contribution in [3.8, 4) is 0 Å². The zero-order valence-corrected chi connectivity index (χ0v) is 10.6. The molecule has 2 nitrogen and oxygen atoms in total. The summed E-state index contributed by atoms with van der Waals surface area (Å²) < 4.78 is 0.778. The van der Waals surface area contributed by atoms with E-state index in [1.807, 2.05) is 0 Å². The molecule has 1 aliphatic rings. The van der Waals surface area contributed by atoms with Gasteiger partial charge in [-0.15, -0.1) is 11.3 Å². The minimum atomic E-state index is 0.607. The molecule has 1 N–H and O–H groups in total. The highest BCUT2D eigenvalue weighted by Gasteiger charge is 2.21. The topological polar surface area (TPSA) is 24.9 Å². The van der Waals surface area contributed by atoms with E-state index in [4.69, 9.17) is 11.6 Å². The van der Waals surface area contributed by atoms with Crippen LogP contribution in [-0.4, -0.2) is 11.0 Å². The standard InChI is InChI=1S/C11H17ClN2S/c1-8(9-4-2-3-5-9)13-7-11-14-6-10(12)15-11/h6,8-9,13H,2-5,7H2,1H3/t8-/m1/s1. The van der Waals surface area contributed by atoms with E-state index in [-0.39, 0.29) is 0 Å². The van der Waals surface area contributed by atoms with E-state index in [2.05, 4.69) is 17.2 Å². The van der Waals surface area contributed by atoms with Gasteiger partial charge in [0.2, 0.25) is 0 Å². The summed E-state index contributed by atoms with van der Waals surface area (Å²) in [5.41, 5.74) is 0. The van der Waals surface area contributed by atoms with Crippen molar-refractivity contribution in [1.82, 2.24) is 10.3 Å². The van der Waals surface area contributed by atoms with Gasteiger partial charge in [0.15, 0.2) is 0 Å². The Morgan fingerprint density at radius 1 is 1.60 bits per heavy atom. The van der Waals surface area contributed by atoms with Crippen LogP contribution in [0.4, 0.5) is 0 Å². The molecule has 1 aliphatic carbocycles. The van der Waals surface area contributed by atoms with Crippen LogP contribution in [0.25, 0.3) is 0 Å². The SMILES string of the molecule is C[C@@H](NCc1ncc(Cl)s1)C1CCCC1. The van der Waals surface area contributed by atoms with Gasteiger partial charge in [0.25, 0.3) is 0 Å². The van der Waals surface area contributed by atoms with Gasteiger partial charge in [-0.1, -0.05) is 24.4 Å². The lowest BCUT2D eigenvalue weighted by molar-refractivity contribution is 0.380. The lowest BCUT2D eigenvalue weighted by Gasteiger charge is -2.19. The van der Waals surface area contributed by atoms with E-state index in [9.17, 15) is 0 Å². The van der Waals surface area contributed by atoms with Crippen molar-refractivity contribution < 1.29 is 0 Å². The quantitative estimate of drug-likeness (QED) is 0.878. The van der Waals surface area contributed by atoms with Crippen LogP contribution < -0.4 is 5.32 Å². The van der Waals surface area contributed by atoms with Crippen molar-refractivity contribution >= 4 is 22.9 Å². The fraction of sp³-hybridized carbons (Fsp3) is 0.727. The molecule has 0 bridgehead atoms. The van der Waals surface area contributed by atoms with E-state index in [0.29, 0.717) is 6.04 Å². The highest BCUT2D eigenvalue weighted by Crippen LogP contribution is 2.27. The number of nitrogens with zero attached hydrogens (tertiary/aromatic N) is 1. The Balaban J connectivity index is 1.77. The molecule has 0 aromatic carbocycles. The van der Waals surface area contributed by atoms with Gasteiger partial charge < -0.3 is 5.32 Å². The largest absolute Gasteiger partial charge is 0.308 e. The lowest BCUT2D eigenvalue weighted by Crippen LogP contribution is -2.31. The molecule has 1 heterocycles. The molecule has 2 rings (SSSR count).